The summed E-state index contributed by atoms with van der Waals surface area (Å²) < 4.78 is 4.51. The van der Waals surface area contributed by atoms with Gasteiger partial charge in [-0.3, -0.25) is 0 Å². The third-order valence-electron chi connectivity index (χ3n) is 0.919. The van der Waals surface area contributed by atoms with Gasteiger partial charge in [0.05, 0.1) is 5.69 Å². The quantitative estimate of drug-likeness (QED) is 0.577. The summed E-state index contributed by atoms with van der Waals surface area (Å²) in [6, 6.07) is 1.74. The van der Waals surface area contributed by atoms with Gasteiger partial charge in [-0.2, -0.15) is 0 Å². The average Bonchev–Trinajstić information content (AvgIpc) is 2.15. The second kappa shape index (κ2) is 2.64. The van der Waals surface area contributed by atoms with Crippen molar-refractivity contribution in [1.82, 2.24) is 10.1 Å². The van der Waals surface area contributed by atoms with Gasteiger partial charge in [0, 0.05) is 12.6 Å². The average molecular weight is 125 g/mol. The first-order chi connectivity index (χ1) is 4.29. The van der Waals surface area contributed by atoms with Crippen LogP contribution in [0.2, 0.25) is 0 Å². The topological polar surface area (TPSA) is 29.3 Å². The van der Waals surface area contributed by atoms with Crippen molar-refractivity contribution in [2.45, 2.75) is 6.54 Å². The molecule has 1 heterocycles. The number of rotatable bonds is 2. The van der Waals surface area contributed by atoms with Gasteiger partial charge in [0.2, 0.25) is 6.26 Å². The smallest absolute Gasteiger partial charge is 0.205 e. The minimum absolute atomic E-state index is 0.812. The molecule has 0 fully saturated rings. The van der Waals surface area contributed by atoms with E-state index in [1.54, 1.807) is 6.07 Å². The molecule has 0 amide bonds. The van der Waals surface area contributed by atoms with Crippen molar-refractivity contribution in [3.05, 3.63) is 18.0 Å². The summed E-state index contributed by atoms with van der Waals surface area (Å²) in [5.74, 6) is 0. The molecule has 0 bridgehead atoms. The summed E-state index contributed by atoms with van der Waals surface area (Å²) in [5, 5.41) is 3.68. The zero-order chi connectivity index (χ0) is 6.69. The van der Waals surface area contributed by atoms with E-state index in [9.17, 15) is 0 Å². The molecule has 1 rings (SSSR count). The van der Waals surface area contributed by atoms with Gasteiger partial charge in [-0.15, -0.1) is 0 Å². The fraction of sp³-hybridized carbons (Fsp3) is 0.500. The third kappa shape index (κ3) is 1.85. The Hall–Kier alpha value is -0.830. The van der Waals surface area contributed by atoms with Gasteiger partial charge in [0.1, 0.15) is 0 Å². The lowest BCUT2D eigenvalue weighted by molar-refractivity contribution is 0.361. The van der Waals surface area contributed by atoms with E-state index >= 15 is 0 Å². The van der Waals surface area contributed by atoms with Crippen LogP contribution in [0.3, 0.4) is 0 Å². The first-order valence-electron chi connectivity index (χ1n) is 2.75. The molecule has 1 radical (unpaired) electrons. The molecule has 9 heavy (non-hydrogen) atoms. The van der Waals surface area contributed by atoms with Crippen molar-refractivity contribution < 1.29 is 4.52 Å². The van der Waals surface area contributed by atoms with Crippen molar-refractivity contribution in [2.24, 2.45) is 0 Å². The van der Waals surface area contributed by atoms with Crippen LogP contribution < -0.4 is 0 Å². The first-order valence-corrected chi connectivity index (χ1v) is 2.75. The molecular weight excluding hydrogens is 116 g/mol. The second-order valence-electron chi connectivity index (χ2n) is 2.17. The first kappa shape index (κ1) is 6.29. The van der Waals surface area contributed by atoms with E-state index in [2.05, 4.69) is 15.9 Å². The lowest BCUT2D eigenvalue weighted by Crippen LogP contribution is -2.10. The molecule has 0 aliphatic carbocycles. The van der Waals surface area contributed by atoms with Crippen molar-refractivity contribution in [1.29, 1.82) is 0 Å². The second-order valence-corrected chi connectivity index (χ2v) is 2.17. The summed E-state index contributed by atoms with van der Waals surface area (Å²) in [5.41, 5.74) is 0.917. The Labute approximate surface area is 54.3 Å². The predicted octanol–water partition coefficient (Wildman–Crippen LogP) is 0.536. The molecule has 0 atom stereocenters. The minimum atomic E-state index is 0.812. The molecule has 0 saturated heterocycles. The van der Waals surface area contributed by atoms with E-state index in [0.717, 1.165) is 12.2 Å². The Kier molecular flexibility index (Phi) is 1.85. The van der Waals surface area contributed by atoms with Crippen LogP contribution in [0, 0.1) is 6.26 Å². The summed E-state index contributed by atoms with van der Waals surface area (Å²) in [7, 11) is 3.96. The summed E-state index contributed by atoms with van der Waals surface area (Å²) >= 11 is 0. The van der Waals surface area contributed by atoms with E-state index in [1.165, 1.54) is 0 Å². The number of hydrogen-bond donors (Lipinski definition) is 0. The zero-order valence-corrected chi connectivity index (χ0v) is 5.59. The Morgan fingerprint density at radius 1 is 1.78 bits per heavy atom. The molecule has 0 spiro atoms. The van der Waals surface area contributed by atoms with Gasteiger partial charge in [0.25, 0.3) is 0 Å². The van der Waals surface area contributed by atoms with E-state index in [4.69, 9.17) is 0 Å². The molecule has 0 aromatic carbocycles. The summed E-state index contributed by atoms with van der Waals surface area (Å²) in [6.45, 7) is 0.812. The summed E-state index contributed by atoms with van der Waals surface area (Å²) in [4.78, 5) is 2.02. The van der Waals surface area contributed by atoms with Crippen LogP contribution >= 0.6 is 0 Å². The molecule has 1 aromatic rings. The van der Waals surface area contributed by atoms with Gasteiger partial charge in [-0.25, -0.2) is 0 Å². The van der Waals surface area contributed by atoms with Crippen LogP contribution in [0.4, 0.5) is 0 Å². The number of hydrogen-bond acceptors (Lipinski definition) is 3. The molecule has 0 unspecified atom stereocenters. The molecule has 0 saturated carbocycles. The highest BCUT2D eigenvalue weighted by Crippen LogP contribution is 1.95. The molecule has 3 nitrogen and oxygen atoms in total. The number of aromatic nitrogens is 1. The molecule has 49 valence electrons. The highest BCUT2D eigenvalue weighted by Gasteiger charge is 1.96. The summed E-state index contributed by atoms with van der Waals surface area (Å²) in [6.07, 6.45) is 2.52. The predicted molar refractivity (Wildman–Crippen MR) is 32.7 cm³/mol. The van der Waals surface area contributed by atoms with Gasteiger partial charge in [-0.05, 0) is 14.1 Å². The van der Waals surface area contributed by atoms with Crippen LogP contribution in [0.25, 0.3) is 0 Å². The molecule has 0 aliphatic rings. The fourth-order valence-corrected chi connectivity index (χ4v) is 0.604. The standard InChI is InChI=1S/C6H9N2O/c1-8(2)5-6-3-4-9-7-6/h3H,5H2,1-2H3. The Bertz CT molecular complexity index is 158. The van der Waals surface area contributed by atoms with Crippen molar-refractivity contribution in [3.63, 3.8) is 0 Å². The monoisotopic (exact) mass is 125 g/mol. The van der Waals surface area contributed by atoms with Crippen LogP contribution in [0.5, 0.6) is 0 Å². The van der Waals surface area contributed by atoms with E-state index < -0.39 is 0 Å². The van der Waals surface area contributed by atoms with Crippen LogP contribution in [-0.2, 0) is 6.54 Å². The van der Waals surface area contributed by atoms with Crippen molar-refractivity contribution >= 4 is 0 Å². The largest absolute Gasteiger partial charge is 0.353 e. The maximum Gasteiger partial charge on any atom is 0.205 e. The maximum atomic E-state index is 4.51. The normalized spacial score (nSPS) is 10.6. The molecule has 0 N–H and O–H groups in total. The number of nitrogens with zero attached hydrogens (tertiary/aromatic N) is 2. The van der Waals surface area contributed by atoms with E-state index in [0.29, 0.717) is 0 Å². The highest BCUT2D eigenvalue weighted by atomic mass is 16.5. The van der Waals surface area contributed by atoms with Crippen molar-refractivity contribution in [3.8, 4) is 0 Å². The lowest BCUT2D eigenvalue weighted by Gasteiger charge is -2.03. The van der Waals surface area contributed by atoms with Crippen LogP contribution in [0.1, 0.15) is 5.69 Å². The molecule has 3 heteroatoms. The van der Waals surface area contributed by atoms with E-state index in [1.807, 2.05) is 19.0 Å². The molecular formula is C6H9N2O. The van der Waals surface area contributed by atoms with Crippen molar-refractivity contribution in [2.75, 3.05) is 14.1 Å². The van der Waals surface area contributed by atoms with Gasteiger partial charge in [0.15, 0.2) is 0 Å². The Morgan fingerprint density at radius 2 is 2.56 bits per heavy atom. The SMILES string of the molecule is CN(C)Cc1c[c]on1. The third-order valence-corrected chi connectivity index (χ3v) is 0.919. The zero-order valence-electron chi connectivity index (χ0n) is 5.59. The Morgan fingerprint density at radius 3 is 3.00 bits per heavy atom. The van der Waals surface area contributed by atoms with E-state index in [-0.39, 0.29) is 0 Å². The maximum absolute atomic E-state index is 4.51. The van der Waals surface area contributed by atoms with Gasteiger partial charge < -0.3 is 9.42 Å². The molecule has 1 aromatic heterocycles. The Balaban J connectivity index is 2.48. The fourth-order valence-electron chi connectivity index (χ4n) is 0.604. The van der Waals surface area contributed by atoms with Gasteiger partial charge >= 0.3 is 0 Å². The minimum Gasteiger partial charge on any atom is -0.353 e. The highest BCUT2D eigenvalue weighted by molar-refractivity contribution is 4.92. The van der Waals surface area contributed by atoms with Gasteiger partial charge in [-0.1, -0.05) is 5.16 Å². The lowest BCUT2D eigenvalue weighted by atomic mass is 10.4. The molecule has 0 aliphatic heterocycles. The van der Waals surface area contributed by atoms with Crippen LogP contribution in [0.15, 0.2) is 10.6 Å². The van der Waals surface area contributed by atoms with Crippen LogP contribution in [-0.4, -0.2) is 24.2 Å².